The van der Waals surface area contributed by atoms with E-state index >= 15 is 0 Å². The van der Waals surface area contributed by atoms with E-state index in [0.29, 0.717) is 10.0 Å². The molecule has 0 radical (unpaired) electrons. The van der Waals surface area contributed by atoms with Crippen LogP contribution in [-0.4, -0.2) is 20.3 Å². The minimum Gasteiger partial charge on any atom is -0.385 e. The zero-order valence-corrected chi connectivity index (χ0v) is 11.8. The standard InChI is InChI=1S/C13H19Cl2NO/c1-3-16-12(8-5-9-17-2)10-6-4-7-11(14)13(10)15/h4,6-7,12,16H,3,5,8-9H2,1-2H3. The molecule has 1 aromatic carbocycles. The van der Waals surface area contributed by atoms with Crippen molar-refractivity contribution in [1.82, 2.24) is 5.32 Å². The van der Waals surface area contributed by atoms with E-state index in [0.717, 1.165) is 31.6 Å². The average molecular weight is 276 g/mol. The molecule has 0 amide bonds. The van der Waals surface area contributed by atoms with E-state index in [9.17, 15) is 0 Å². The molecule has 1 rings (SSSR count). The largest absolute Gasteiger partial charge is 0.385 e. The highest BCUT2D eigenvalue weighted by Crippen LogP contribution is 2.31. The SMILES string of the molecule is CCNC(CCCOC)c1cccc(Cl)c1Cl. The topological polar surface area (TPSA) is 21.3 Å². The number of benzene rings is 1. The molecule has 0 spiro atoms. The van der Waals surface area contributed by atoms with Crippen molar-refractivity contribution in [3.8, 4) is 0 Å². The minimum absolute atomic E-state index is 0.237. The minimum atomic E-state index is 0.237. The molecule has 0 aromatic heterocycles. The van der Waals surface area contributed by atoms with Gasteiger partial charge in [0.15, 0.2) is 0 Å². The lowest BCUT2D eigenvalue weighted by Gasteiger charge is -2.20. The molecule has 0 aliphatic carbocycles. The Balaban J connectivity index is 2.77. The highest BCUT2D eigenvalue weighted by Gasteiger charge is 2.14. The zero-order valence-electron chi connectivity index (χ0n) is 10.3. The van der Waals surface area contributed by atoms with E-state index in [1.807, 2.05) is 18.2 Å². The molecule has 0 aliphatic rings. The lowest BCUT2D eigenvalue weighted by molar-refractivity contribution is 0.189. The summed E-state index contributed by atoms with van der Waals surface area (Å²) in [4.78, 5) is 0. The number of hydrogen-bond acceptors (Lipinski definition) is 2. The summed E-state index contributed by atoms with van der Waals surface area (Å²) in [6, 6.07) is 6.01. The first-order valence-corrected chi connectivity index (χ1v) is 6.62. The first-order chi connectivity index (χ1) is 8.20. The smallest absolute Gasteiger partial charge is 0.0640 e. The van der Waals surface area contributed by atoms with Gasteiger partial charge >= 0.3 is 0 Å². The molecular weight excluding hydrogens is 257 g/mol. The van der Waals surface area contributed by atoms with E-state index in [-0.39, 0.29) is 6.04 Å². The van der Waals surface area contributed by atoms with E-state index in [2.05, 4.69) is 12.2 Å². The Kier molecular flexibility index (Phi) is 6.90. The van der Waals surface area contributed by atoms with Crippen molar-refractivity contribution in [2.45, 2.75) is 25.8 Å². The van der Waals surface area contributed by atoms with Crippen molar-refractivity contribution >= 4 is 23.2 Å². The maximum Gasteiger partial charge on any atom is 0.0640 e. The van der Waals surface area contributed by atoms with Gasteiger partial charge in [0.1, 0.15) is 0 Å². The van der Waals surface area contributed by atoms with Crippen LogP contribution >= 0.6 is 23.2 Å². The maximum absolute atomic E-state index is 6.23. The lowest BCUT2D eigenvalue weighted by atomic mass is 10.0. The summed E-state index contributed by atoms with van der Waals surface area (Å²) in [6.07, 6.45) is 1.98. The monoisotopic (exact) mass is 275 g/mol. The molecule has 0 saturated carbocycles. The zero-order chi connectivity index (χ0) is 12.7. The number of methoxy groups -OCH3 is 1. The van der Waals surface area contributed by atoms with Crippen LogP contribution in [0.1, 0.15) is 31.4 Å². The van der Waals surface area contributed by atoms with Crippen LogP contribution in [0.4, 0.5) is 0 Å². The molecule has 2 nitrogen and oxygen atoms in total. The summed E-state index contributed by atoms with van der Waals surface area (Å²) >= 11 is 12.3. The summed E-state index contributed by atoms with van der Waals surface area (Å²) in [7, 11) is 1.72. The van der Waals surface area contributed by atoms with E-state index in [4.69, 9.17) is 27.9 Å². The third-order valence-electron chi connectivity index (χ3n) is 2.65. The van der Waals surface area contributed by atoms with Crippen LogP contribution in [0.3, 0.4) is 0 Å². The molecule has 4 heteroatoms. The third kappa shape index (κ3) is 4.47. The van der Waals surface area contributed by atoms with Gasteiger partial charge in [-0.3, -0.25) is 0 Å². The lowest BCUT2D eigenvalue weighted by Crippen LogP contribution is -2.21. The molecule has 1 atom stereocenters. The Morgan fingerprint density at radius 1 is 1.35 bits per heavy atom. The summed E-state index contributed by atoms with van der Waals surface area (Å²) in [5.74, 6) is 0. The van der Waals surface area contributed by atoms with Crippen molar-refractivity contribution in [1.29, 1.82) is 0 Å². The molecule has 1 aromatic rings. The molecule has 96 valence electrons. The van der Waals surface area contributed by atoms with Crippen LogP contribution in [0, 0.1) is 0 Å². The first kappa shape index (κ1) is 14.8. The van der Waals surface area contributed by atoms with Crippen LogP contribution in [0.15, 0.2) is 18.2 Å². The van der Waals surface area contributed by atoms with Crippen molar-refractivity contribution in [2.24, 2.45) is 0 Å². The molecule has 0 bridgehead atoms. The van der Waals surface area contributed by atoms with Crippen molar-refractivity contribution in [3.63, 3.8) is 0 Å². The Bertz CT molecular complexity index is 344. The van der Waals surface area contributed by atoms with Gasteiger partial charge in [-0.1, -0.05) is 42.3 Å². The molecule has 0 saturated heterocycles. The number of hydrogen-bond donors (Lipinski definition) is 1. The second-order valence-electron chi connectivity index (χ2n) is 3.89. The number of rotatable bonds is 7. The average Bonchev–Trinajstić information content (AvgIpc) is 2.32. The van der Waals surface area contributed by atoms with Gasteiger partial charge in [-0.2, -0.15) is 0 Å². The Hall–Kier alpha value is -0.280. The first-order valence-electron chi connectivity index (χ1n) is 5.87. The molecule has 0 aliphatic heterocycles. The summed E-state index contributed by atoms with van der Waals surface area (Å²) < 4.78 is 5.07. The third-order valence-corrected chi connectivity index (χ3v) is 3.48. The summed E-state index contributed by atoms with van der Waals surface area (Å²) in [6.45, 7) is 3.75. The van der Waals surface area contributed by atoms with Gasteiger partial charge < -0.3 is 10.1 Å². The molecule has 0 fully saturated rings. The van der Waals surface area contributed by atoms with Gasteiger partial charge in [0.2, 0.25) is 0 Å². The Labute approximate surface area is 113 Å². The van der Waals surface area contributed by atoms with Gasteiger partial charge in [-0.25, -0.2) is 0 Å². The summed E-state index contributed by atoms with van der Waals surface area (Å²) in [5.41, 5.74) is 1.07. The van der Waals surface area contributed by atoms with Gasteiger partial charge in [-0.15, -0.1) is 0 Å². The van der Waals surface area contributed by atoms with E-state index < -0.39 is 0 Å². The predicted molar refractivity (Wildman–Crippen MR) is 74.0 cm³/mol. The fraction of sp³-hybridized carbons (Fsp3) is 0.538. The van der Waals surface area contributed by atoms with Gasteiger partial charge in [0.25, 0.3) is 0 Å². The van der Waals surface area contributed by atoms with Crippen LogP contribution in [0.2, 0.25) is 10.0 Å². The van der Waals surface area contributed by atoms with E-state index in [1.165, 1.54) is 0 Å². The highest BCUT2D eigenvalue weighted by molar-refractivity contribution is 6.42. The Morgan fingerprint density at radius 3 is 2.76 bits per heavy atom. The van der Waals surface area contributed by atoms with Crippen LogP contribution < -0.4 is 5.32 Å². The van der Waals surface area contributed by atoms with Crippen LogP contribution in [0.5, 0.6) is 0 Å². The quantitative estimate of drug-likeness (QED) is 0.758. The maximum atomic E-state index is 6.23. The van der Waals surface area contributed by atoms with Gasteiger partial charge in [-0.05, 0) is 31.0 Å². The second-order valence-corrected chi connectivity index (χ2v) is 4.67. The molecule has 1 N–H and O–H groups in total. The van der Waals surface area contributed by atoms with Gasteiger partial charge in [0.05, 0.1) is 10.0 Å². The molecule has 17 heavy (non-hydrogen) atoms. The number of nitrogens with one attached hydrogen (secondary N) is 1. The van der Waals surface area contributed by atoms with Crippen molar-refractivity contribution in [3.05, 3.63) is 33.8 Å². The number of ether oxygens (including phenoxy) is 1. The Morgan fingerprint density at radius 2 is 2.12 bits per heavy atom. The fourth-order valence-electron chi connectivity index (χ4n) is 1.84. The number of halogens is 2. The fourth-order valence-corrected chi connectivity index (χ4v) is 2.27. The summed E-state index contributed by atoms with van der Waals surface area (Å²) in [5, 5.41) is 4.69. The van der Waals surface area contributed by atoms with Crippen LogP contribution in [0.25, 0.3) is 0 Å². The highest BCUT2D eigenvalue weighted by atomic mass is 35.5. The van der Waals surface area contributed by atoms with Crippen molar-refractivity contribution < 1.29 is 4.74 Å². The van der Waals surface area contributed by atoms with E-state index in [1.54, 1.807) is 7.11 Å². The van der Waals surface area contributed by atoms with Gasteiger partial charge in [0, 0.05) is 19.8 Å². The normalized spacial score (nSPS) is 12.7. The van der Waals surface area contributed by atoms with Crippen LogP contribution in [-0.2, 0) is 4.74 Å². The van der Waals surface area contributed by atoms with Crippen molar-refractivity contribution in [2.75, 3.05) is 20.3 Å². The molecular formula is C13H19Cl2NO. The second kappa shape index (κ2) is 7.93. The molecule has 0 heterocycles. The molecule has 1 unspecified atom stereocenters. The predicted octanol–water partition coefficient (Wildman–Crippen LogP) is 4.07.